The summed E-state index contributed by atoms with van der Waals surface area (Å²) in [5, 5.41) is 3.01. The Kier molecular flexibility index (Phi) is 5.57. The maximum atomic E-state index is 11.5. The highest BCUT2D eigenvalue weighted by Crippen LogP contribution is 2.30. The Morgan fingerprint density at radius 2 is 2.00 bits per heavy atom. The number of thiophene rings is 1. The van der Waals surface area contributed by atoms with Crippen LogP contribution in [0.5, 0.6) is 0 Å². The van der Waals surface area contributed by atoms with Gasteiger partial charge in [-0.05, 0) is 35.9 Å². The van der Waals surface area contributed by atoms with E-state index in [0.717, 1.165) is 15.3 Å². The molecule has 7 heteroatoms. The summed E-state index contributed by atoms with van der Waals surface area (Å²) in [6.45, 7) is 0. The fourth-order valence-electron chi connectivity index (χ4n) is 1.62. The monoisotopic (exact) mass is 335 g/mol. The Morgan fingerprint density at radius 3 is 2.73 bits per heavy atom. The van der Waals surface area contributed by atoms with Crippen LogP contribution in [0.25, 0.3) is 16.5 Å². The predicted molar refractivity (Wildman–Crippen MR) is 89.5 cm³/mol. The fraction of sp³-hybridized carbons (Fsp3) is 0.0667. The highest BCUT2D eigenvalue weighted by molar-refractivity contribution is 7.16. The number of carbonyl (C=O) groups excluding carboxylic acids is 2. The number of rotatable bonds is 3. The second-order valence-corrected chi connectivity index (χ2v) is 5.79. The largest absolute Gasteiger partial charge is 0.340 e. The van der Waals surface area contributed by atoms with E-state index in [1.54, 1.807) is 17.4 Å². The minimum absolute atomic E-state index is 0.415. The molecule has 2 aromatic rings. The van der Waals surface area contributed by atoms with E-state index in [1.807, 2.05) is 36.4 Å². The van der Waals surface area contributed by atoms with E-state index in [9.17, 15) is 9.59 Å². The highest BCUT2D eigenvalue weighted by atomic mass is 35.5. The van der Waals surface area contributed by atoms with Gasteiger partial charge in [0.25, 0.3) is 5.91 Å². The van der Waals surface area contributed by atoms with Crippen LogP contribution in [0.1, 0.15) is 4.88 Å². The van der Waals surface area contributed by atoms with E-state index < -0.39 is 11.9 Å². The van der Waals surface area contributed by atoms with Gasteiger partial charge in [0, 0.05) is 27.9 Å². The SMILES string of the molecule is CNC(=O)NNC(=O)C=Cc1ccc(-c2cccc(Cl)c2)s1. The minimum atomic E-state index is -0.485. The van der Waals surface area contributed by atoms with Crippen molar-refractivity contribution in [2.45, 2.75) is 0 Å². The van der Waals surface area contributed by atoms with Crippen LogP contribution in [0, 0.1) is 0 Å². The van der Waals surface area contributed by atoms with E-state index in [4.69, 9.17) is 11.6 Å². The number of urea groups is 1. The third-order valence-electron chi connectivity index (χ3n) is 2.66. The van der Waals surface area contributed by atoms with Gasteiger partial charge in [-0.15, -0.1) is 11.3 Å². The van der Waals surface area contributed by atoms with Crippen LogP contribution < -0.4 is 16.2 Å². The van der Waals surface area contributed by atoms with Gasteiger partial charge in [-0.25, -0.2) is 10.2 Å². The first-order valence-electron chi connectivity index (χ1n) is 6.40. The van der Waals surface area contributed by atoms with Crippen LogP contribution in [0.4, 0.5) is 4.79 Å². The molecule has 0 aliphatic carbocycles. The first-order valence-corrected chi connectivity index (χ1v) is 7.59. The number of carbonyl (C=O) groups is 2. The van der Waals surface area contributed by atoms with Gasteiger partial charge < -0.3 is 5.32 Å². The Morgan fingerprint density at radius 1 is 1.18 bits per heavy atom. The second-order valence-electron chi connectivity index (χ2n) is 4.24. The van der Waals surface area contributed by atoms with Gasteiger partial charge in [0.2, 0.25) is 0 Å². The van der Waals surface area contributed by atoms with Crippen molar-refractivity contribution >= 4 is 41.0 Å². The number of nitrogens with one attached hydrogen (secondary N) is 3. The first kappa shape index (κ1) is 16.1. The lowest BCUT2D eigenvalue weighted by atomic mass is 10.2. The van der Waals surface area contributed by atoms with Crippen LogP contribution in [-0.4, -0.2) is 19.0 Å². The van der Waals surface area contributed by atoms with Crippen LogP contribution in [0.3, 0.4) is 0 Å². The van der Waals surface area contributed by atoms with Gasteiger partial charge >= 0.3 is 6.03 Å². The number of benzene rings is 1. The van der Waals surface area contributed by atoms with Crippen molar-refractivity contribution in [1.82, 2.24) is 16.2 Å². The maximum absolute atomic E-state index is 11.5. The van der Waals surface area contributed by atoms with Crippen LogP contribution >= 0.6 is 22.9 Å². The lowest BCUT2D eigenvalue weighted by Gasteiger charge is -2.02. The molecule has 0 spiro atoms. The predicted octanol–water partition coefficient (Wildman–Crippen LogP) is 3.04. The standard InChI is InChI=1S/C15H14ClN3O2S/c1-17-15(21)19-18-14(20)8-6-12-5-7-13(22-12)10-3-2-4-11(16)9-10/h2-9H,1H3,(H,18,20)(H2,17,19,21). The lowest BCUT2D eigenvalue weighted by Crippen LogP contribution is -2.45. The average molecular weight is 336 g/mol. The number of hydrogen-bond acceptors (Lipinski definition) is 3. The third kappa shape index (κ3) is 4.61. The molecule has 0 unspecified atom stereocenters. The molecular weight excluding hydrogens is 322 g/mol. The fourth-order valence-corrected chi connectivity index (χ4v) is 2.72. The summed E-state index contributed by atoms with van der Waals surface area (Å²) in [6, 6.07) is 11.0. The van der Waals surface area contributed by atoms with Gasteiger partial charge in [-0.1, -0.05) is 23.7 Å². The Bertz CT molecular complexity index is 712. The van der Waals surface area contributed by atoms with Gasteiger partial charge in [-0.3, -0.25) is 10.2 Å². The van der Waals surface area contributed by atoms with Crippen molar-refractivity contribution in [2.75, 3.05) is 7.05 Å². The smallest absolute Gasteiger partial charge is 0.333 e. The zero-order valence-electron chi connectivity index (χ0n) is 11.7. The Labute approximate surface area is 137 Å². The van der Waals surface area contributed by atoms with E-state index in [-0.39, 0.29) is 0 Å². The van der Waals surface area contributed by atoms with Crippen molar-refractivity contribution in [3.63, 3.8) is 0 Å². The van der Waals surface area contributed by atoms with Crippen molar-refractivity contribution in [3.8, 4) is 10.4 Å². The molecule has 0 bridgehead atoms. The summed E-state index contributed by atoms with van der Waals surface area (Å²) in [5.74, 6) is -0.415. The highest BCUT2D eigenvalue weighted by Gasteiger charge is 2.03. The van der Waals surface area contributed by atoms with Gasteiger partial charge in [0.1, 0.15) is 0 Å². The zero-order valence-corrected chi connectivity index (χ0v) is 13.3. The summed E-state index contributed by atoms with van der Waals surface area (Å²) in [5.41, 5.74) is 5.47. The molecule has 5 nitrogen and oxygen atoms in total. The molecule has 0 aliphatic rings. The molecule has 1 heterocycles. The maximum Gasteiger partial charge on any atom is 0.333 e. The number of amides is 3. The molecule has 0 aliphatic heterocycles. The van der Waals surface area contributed by atoms with Crippen LogP contribution in [0.2, 0.25) is 5.02 Å². The summed E-state index contributed by atoms with van der Waals surface area (Å²) >= 11 is 7.52. The lowest BCUT2D eigenvalue weighted by molar-refractivity contribution is -0.117. The van der Waals surface area contributed by atoms with E-state index in [2.05, 4.69) is 16.2 Å². The third-order valence-corrected chi connectivity index (χ3v) is 4.00. The van der Waals surface area contributed by atoms with Gasteiger partial charge in [0.05, 0.1) is 0 Å². The molecule has 0 saturated carbocycles. The van der Waals surface area contributed by atoms with E-state index >= 15 is 0 Å². The number of hydrogen-bond donors (Lipinski definition) is 3. The van der Waals surface area contributed by atoms with E-state index in [1.165, 1.54) is 13.1 Å². The van der Waals surface area contributed by atoms with Crippen LogP contribution in [-0.2, 0) is 4.79 Å². The molecule has 22 heavy (non-hydrogen) atoms. The van der Waals surface area contributed by atoms with Crippen molar-refractivity contribution < 1.29 is 9.59 Å². The number of hydrazine groups is 1. The normalized spacial score (nSPS) is 10.5. The van der Waals surface area contributed by atoms with Crippen molar-refractivity contribution in [3.05, 3.63) is 52.4 Å². The molecule has 1 aromatic heterocycles. The Balaban J connectivity index is 1.98. The number of halogens is 1. The summed E-state index contributed by atoms with van der Waals surface area (Å²) in [4.78, 5) is 24.4. The van der Waals surface area contributed by atoms with Gasteiger partial charge in [0.15, 0.2) is 0 Å². The Hall–Kier alpha value is -2.31. The van der Waals surface area contributed by atoms with E-state index in [0.29, 0.717) is 5.02 Å². The molecule has 0 atom stereocenters. The van der Waals surface area contributed by atoms with Gasteiger partial charge in [-0.2, -0.15) is 0 Å². The zero-order chi connectivity index (χ0) is 15.9. The van der Waals surface area contributed by atoms with Crippen molar-refractivity contribution in [2.24, 2.45) is 0 Å². The van der Waals surface area contributed by atoms with Crippen molar-refractivity contribution in [1.29, 1.82) is 0 Å². The molecule has 0 fully saturated rings. The molecule has 114 valence electrons. The summed E-state index contributed by atoms with van der Waals surface area (Å²) in [6.07, 6.45) is 3.03. The minimum Gasteiger partial charge on any atom is -0.340 e. The second kappa shape index (κ2) is 7.63. The molecule has 1 aromatic carbocycles. The molecule has 0 radical (unpaired) electrons. The summed E-state index contributed by atoms with van der Waals surface area (Å²) < 4.78 is 0. The summed E-state index contributed by atoms with van der Waals surface area (Å²) in [7, 11) is 1.46. The topological polar surface area (TPSA) is 70.2 Å². The molecule has 3 amide bonds. The quantitative estimate of drug-likeness (QED) is 0.596. The molecular formula is C15H14ClN3O2S. The molecule has 2 rings (SSSR count). The molecule has 0 saturated heterocycles. The average Bonchev–Trinajstić information content (AvgIpc) is 2.99. The molecule has 3 N–H and O–H groups in total. The first-order chi connectivity index (χ1) is 10.6. The van der Waals surface area contributed by atoms with Crippen LogP contribution in [0.15, 0.2) is 42.5 Å².